The van der Waals surface area contributed by atoms with Gasteiger partial charge in [-0.25, -0.2) is 14.5 Å². The number of nitrogens with zero attached hydrogens (tertiary/aromatic N) is 3. The van der Waals surface area contributed by atoms with Crippen molar-refractivity contribution in [2.45, 2.75) is 13.0 Å². The maximum absolute atomic E-state index is 12.0. The molecule has 2 aromatic carbocycles. The maximum atomic E-state index is 12.0. The Morgan fingerprint density at radius 3 is 2.48 bits per heavy atom. The number of aromatic nitrogens is 3. The molecule has 6 nitrogen and oxygen atoms in total. The number of benzene rings is 2. The third kappa shape index (κ3) is 3.74. The van der Waals surface area contributed by atoms with E-state index in [4.69, 9.17) is 0 Å². The normalized spacial score (nSPS) is 11.7. The summed E-state index contributed by atoms with van der Waals surface area (Å²) in [6.45, 7) is 1.94. The molecular formula is C17H17N5O. The van der Waals surface area contributed by atoms with Gasteiger partial charge in [-0.3, -0.25) is 0 Å². The highest BCUT2D eigenvalue weighted by atomic mass is 16.2. The van der Waals surface area contributed by atoms with Gasteiger partial charge >= 0.3 is 6.03 Å². The van der Waals surface area contributed by atoms with Crippen LogP contribution < -0.4 is 10.6 Å². The Morgan fingerprint density at radius 1 is 1.09 bits per heavy atom. The molecule has 116 valence electrons. The van der Waals surface area contributed by atoms with Crippen LogP contribution in [0.3, 0.4) is 0 Å². The molecular weight excluding hydrogens is 290 g/mol. The van der Waals surface area contributed by atoms with Crippen LogP contribution in [0.2, 0.25) is 0 Å². The highest BCUT2D eigenvalue weighted by molar-refractivity contribution is 5.89. The van der Waals surface area contributed by atoms with Crippen LogP contribution in [-0.4, -0.2) is 20.8 Å². The van der Waals surface area contributed by atoms with E-state index in [0.717, 1.165) is 16.9 Å². The molecule has 23 heavy (non-hydrogen) atoms. The first-order valence-corrected chi connectivity index (χ1v) is 7.30. The summed E-state index contributed by atoms with van der Waals surface area (Å²) in [6.07, 6.45) is 3.13. The summed E-state index contributed by atoms with van der Waals surface area (Å²) in [7, 11) is 0. The van der Waals surface area contributed by atoms with Crippen LogP contribution >= 0.6 is 0 Å². The fraction of sp³-hybridized carbons (Fsp3) is 0.118. The minimum atomic E-state index is -0.232. The summed E-state index contributed by atoms with van der Waals surface area (Å²) >= 11 is 0. The Balaban J connectivity index is 1.61. The van der Waals surface area contributed by atoms with E-state index in [2.05, 4.69) is 20.7 Å². The molecule has 3 rings (SSSR count). The van der Waals surface area contributed by atoms with E-state index >= 15 is 0 Å². The molecule has 0 aliphatic rings. The monoisotopic (exact) mass is 307 g/mol. The quantitative estimate of drug-likeness (QED) is 0.777. The lowest BCUT2D eigenvalue weighted by atomic mass is 10.1. The molecule has 0 spiro atoms. The first kappa shape index (κ1) is 14.8. The number of anilines is 1. The lowest BCUT2D eigenvalue weighted by Crippen LogP contribution is -2.31. The number of amides is 2. The van der Waals surface area contributed by atoms with E-state index in [1.54, 1.807) is 11.0 Å². The highest BCUT2D eigenvalue weighted by Gasteiger charge is 2.09. The van der Waals surface area contributed by atoms with E-state index in [9.17, 15) is 4.79 Å². The smallest absolute Gasteiger partial charge is 0.319 e. The Kier molecular flexibility index (Phi) is 4.33. The van der Waals surface area contributed by atoms with Crippen LogP contribution in [0.25, 0.3) is 5.69 Å². The Bertz CT molecular complexity index is 753. The topological polar surface area (TPSA) is 71.8 Å². The number of carbonyl (C=O) groups excluding carboxylic acids is 1. The molecule has 0 unspecified atom stereocenters. The minimum Gasteiger partial charge on any atom is -0.331 e. The van der Waals surface area contributed by atoms with E-state index in [-0.39, 0.29) is 12.1 Å². The zero-order valence-corrected chi connectivity index (χ0v) is 12.7. The van der Waals surface area contributed by atoms with Gasteiger partial charge in [-0.15, -0.1) is 0 Å². The van der Waals surface area contributed by atoms with Crippen LogP contribution in [0.15, 0.2) is 67.3 Å². The van der Waals surface area contributed by atoms with Gasteiger partial charge in [0, 0.05) is 5.69 Å². The van der Waals surface area contributed by atoms with Crippen LogP contribution in [0.1, 0.15) is 18.5 Å². The molecule has 0 fully saturated rings. The first-order chi connectivity index (χ1) is 11.2. The van der Waals surface area contributed by atoms with E-state index in [1.165, 1.54) is 6.33 Å². The molecule has 1 heterocycles. The van der Waals surface area contributed by atoms with E-state index in [1.807, 2.05) is 61.5 Å². The second-order valence-electron chi connectivity index (χ2n) is 5.12. The average Bonchev–Trinajstić information content (AvgIpc) is 3.10. The molecule has 6 heteroatoms. The third-order valence-electron chi connectivity index (χ3n) is 3.46. The van der Waals surface area contributed by atoms with Gasteiger partial charge in [-0.1, -0.05) is 30.3 Å². The Morgan fingerprint density at radius 2 is 1.83 bits per heavy atom. The largest absolute Gasteiger partial charge is 0.331 e. The lowest BCUT2D eigenvalue weighted by Gasteiger charge is -2.15. The van der Waals surface area contributed by atoms with Crippen molar-refractivity contribution in [2.75, 3.05) is 5.32 Å². The van der Waals surface area contributed by atoms with Gasteiger partial charge in [0.05, 0.1) is 11.7 Å². The van der Waals surface area contributed by atoms with Crippen molar-refractivity contribution in [3.8, 4) is 5.69 Å². The van der Waals surface area contributed by atoms with Gasteiger partial charge in [0.15, 0.2) is 0 Å². The summed E-state index contributed by atoms with van der Waals surface area (Å²) in [6, 6.07) is 16.8. The molecule has 0 aliphatic heterocycles. The van der Waals surface area contributed by atoms with Gasteiger partial charge < -0.3 is 10.6 Å². The molecule has 2 amide bonds. The number of urea groups is 1. The Labute approximate surface area is 134 Å². The van der Waals surface area contributed by atoms with Crippen LogP contribution in [0.4, 0.5) is 10.5 Å². The van der Waals surface area contributed by atoms with Crippen LogP contribution in [0.5, 0.6) is 0 Å². The minimum absolute atomic E-state index is 0.108. The van der Waals surface area contributed by atoms with Gasteiger partial charge in [-0.2, -0.15) is 5.10 Å². The summed E-state index contributed by atoms with van der Waals surface area (Å²) in [4.78, 5) is 15.9. The van der Waals surface area contributed by atoms with Crippen molar-refractivity contribution in [3.05, 3.63) is 72.8 Å². The number of hydrogen-bond acceptors (Lipinski definition) is 3. The number of carbonyl (C=O) groups is 1. The van der Waals surface area contributed by atoms with Gasteiger partial charge in [0.1, 0.15) is 12.7 Å². The summed E-state index contributed by atoms with van der Waals surface area (Å²) in [5, 5.41) is 9.80. The van der Waals surface area contributed by atoms with Gasteiger partial charge in [-0.05, 0) is 36.8 Å². The summed E-state index contributed by atoms with van der Waals surface area (Å²) < 4.78 is 1.68. The zero-order valence-electron chi connectivity index (χ0n) is 12.7. The molecule has 1 atom stereocenters. The average molecular weight is 307 g/mol. The SMILES string of the molecule is C[C@@H](NC(=O)Nc1ccccc1)c1ccc(-n2cncn2)cc1. The van der Waals surface area contributed by atoms with Crippen molar-refractivity contribution < 1.29 is 4.79 Å². The number of rotatable bonds is 4. The third-order valence-corrected chi connectivity index (χ3v) is 3.46. The molecule has 0 radical (unpaired) electrons. The molecule has 0 aliphatic carbocycles. The van der Waals surface area contributed by atoms with Crippen molar-refractivity contribution in [3.63, 3.8) is 0 Å². The summed E-state index contributed by atoms with van der Waals surface area (Å²) in [5.41, 5.74) is 2.70. The second kappa shape index (κ2) is 6.74. The number of nitrogens with one attached hydrogen (secondary N) is 2. The van der Waals surface area contributed by atoms with Crippen molar-refractivity contribution >= 4 is 11.7 Å². The molecule has 0 saturated carbocycles. The lowest BCUT2D eigenvalue weighted by molar-refractivity contribution is 0.249. The molecule has 1 aromatic heterocycles. The molecule has 3 aromatic rings. The first-order valence-electron chi connectivity index (χ1n) is 7.30. The Hall–Kier alpha value is -3.15. The second-order valence-corrected chi connectivity index (χ2v) is 5.12. The fourth-order valence-electron chi connectivity index (χ4n) is 2.23. The van der Waals surface area contributed by atoms with Crippen molar-refractivity contribution in [1.82, 2.24) is 20.1 Å². The van der Waals surface area contributed by atoms with Gasteiger partial charge in [0.2, 0.25) is 0 Å². The molecule has 0 bridgehead atoms. The fourth-order valence-corrected chi connectivity index (χ4v) is 2.23. The molecule has 2 N–H and O–H groups in total. The van der Waals surface area contributed by atoms with Crippen molar-refractivity contribution in [2.24, 2.45) is 0 Å². The van der Waals surface area contributed by atoms with E-state index < -0.39 is 0 Å². The van der Waals surface area contributed by atoms with E-state index in [0.29, 0.717) is 0 Å². The predicted octanol–water partition coefficient (Wildman–Crippen LogP) is 3.15. The molecule has 0 saturated heterocycles. The number of hydrogen-bond donors (Lipinski definition) is 2. The maximum Gasteiger partial charge on any atom is 0.319 e. The standard InChI is InChI=1S/C17H17N5O/c1-13(20-17(23)21-15-5-3-2-4-6-15)14-7-9-16(10-8-14)22-12-18-11-19-22/h2-13H,1H3,(H2,20,21,23)/t13-/m1/s1. The highest BCUT2D eigenvalue weighted by Crippen LogP contribution is 2.15. The predicted molar refractivity (Wildman–Crippen MR) is 88.4 cm³/mol. The zero-order chi connectivity index (χ0) is 16.1. The van der Waals surface area contributed by atoms with Crippen LogP contribution in [-0.2, 0) is 0 Å². The summed E-state index contributed by atoms with van der Waals surface area (Å²) in [5.74, 6) is 0. The van der Waals surface area contributed by atoms with Gasteiger partial charge in [0.25, 0.3) is 0 Å². The number of para-hydroxylation sites is 1. The van der Waals surface area contributed by atoms with Crippen molar-refractivity contribution in [1.29, 1.82) is 0 Å². The van der Waals surface area contributed by atoms with Crippen LogP contribution in [0, 0.1) is 0 Å².